The van der Waals surface area contributed by atoms with Gasteiger partial charge in [-0.05, 0) is 43.3 Å². The summed E-state index contributed by atoms with van der Waals surface area (Å²) in [6.45, 7) is 9.10. The molecule has 0 unspecified atom stereocenters. The molecule has 0 radical (unpaired) electrons. The summed E-state index contributed by atoms with van der Waals surface area (Å²) >= 11 is 6.74. The van der Waals surface area contributed by atoms with Crippen molar-refractivity contribution in [2.75, 3.05) is 55.7 Å². The van der Waals surface area contributed by atoms with Crippen molar-refractivity contribution in [1.82, 2.24) is 19.4 Å². The topological polar surface area (TPSA) is 104 Å². The zero-order chi connectivity index (χ0) is 30.2. The van der Waals surface area contributed by atoms with Gasteiger partial charge in [-0.15, -0.1) is 0 Å². The van der Waals surface area contributed by atoms with Crippen LogP contribution < -0.4 is 15.5 Å². The molecule has 222 valence electrons. The second-order valence-corrected chi connectivity index (χ2v) is 10.9. The summed E-state index contributed by atoms with van der Waals surface area (Å²) in [6, 6.07) is 12.8. The molecular weight excluding hydrogens is 575 g/mol. The Morgan fingerprint density at radius 1 is 1.09 bits per heavy atom. The van der Waals surface area contributed by atoms with Gasteiger partial charge in [-0.3, -0.25) is 4.79 Å². The second kappa shape index (κ2) is 11.7. The number of aromatic hydroxyl groups is 1. The molecule has 2 aliphatic heterocycles. The fraction of sp³-hybridized carbons (Fsp3) is 0.290. The first-order valence-electron chi connectivity index (χ1n) is 14.0. The normalized spacial score (nSPS) is 17.4. The molecule has 2 aromatic carbocycles. The van der Waals surface area contributed by atoms with Gasteiger partial charge in [0.15, 0.2) is 5.65 Å². The van der Waals surface area contributed by atoms with E-state index in [9.17, 15) is 14.7 Å². The highest BCUT2D eigenvalue weighted by molar-refractivity contribution is 6.34. The summed E-state index contributed by atoms with van der Waals surface area (Å²) in [4.78, 5) is 41.4. The molecule has 1 N–H and O–H groups in total. The number of phenolic OH excluding ortho intramolecular Hbond substituents is 1. The van der Waals surface area contributed by atoms with Crippen LogP contribution in [-0.4, -0.2) is 82.4 Å². The van der Waals surface area contributed by atoms with Gasteiger partial charge in [0, 0.05) is 38.8 Å². The summed E-state index contributed by atoms with van der Waals surface area (Å²) in [7, 11) is 0. The van der Waals surface area contributed by atoms with Crippen molar-refractivity contribution in [2.24, 2.45) is 0 Å². The lowest BCUT2D eigenvalue weighted by Crippen LogP contribution is -2.54. The number of phenols is 1. The average Bonchev–Trinajstić information content (AvgIpc) is 3.01. The summed E-state index contributed by atoms with van der Waals surface area (Å²) in [5.41, 5.74) is 0.784. The van der Waals surface area contributed by atoms with Crippen molar-refractivity contribution in [1.29, 1.82) is 0 Å². The van der Waals surface area contributed by atoms with Crippen molar-refractivity contribution in [3.05, 3.63) is 82.5 Å². The van der Waals surface area contributed by atoms with Crippen LogP contribution in [0, 0.1) is 5.82 Å². The molecular formula is C31H30ClFN6O4. The highest BCUT2D eigenvalue weighted by atomic mass is 35.5. The Morgan fingerprint density at radius 2 is 1.84 bits per heavy atom. The summed E-state index contributed by atoms with van der Waals surface area (Å²) in [5.74, 6) is -0.847. The van der Waals surface area contributed by atoms with Crippen LogP contribution in [0.3, 0.4) is 0 Å². The Kier molecular flexibility index (Phi) is 7.76. The van der Waals surface area contributed by atoms with E-state index in [0.29, 0.717) is 62.8 Å². The van der Waals surface area contributed by atoms with Crippen LogP contribution in [-0.2, 0) is 9.53 Å². The SMILES string of the molecule is C=CC(=O)N1CCN(c2nc(=O)n(-c3ccccc3N3CCOCC3)c3nc(-c4c(O)cccc4F)c(Cl)cc23)[C@@H](C)C1. The number of hydrogen-bond donors (Lipinski definition) is 1. The molecule has 43 heavy (non-hydrogen) atoms. The van der Waals surface area contributed by atoms with Crippen LogP contribution >= 0.6 is 11.6 Å². The van der Waals surface area contributed by atoms with Crippen molar-refractivity contribution in [2.45, 2.75) is 13.0 Å². The quantitative estimate of drug-likeness (QED) is 0.341. The van der Waals surface area contributed by atoms with E-state index in [-0.39, 0.29) is 39.6 Å². The molecule has 2 aliphatic rings. The van der Waals surface area contributed by atoms with Crippen molar-refractivity contribution in [3.63, 3.8) is 0 Å². The lowest BCUT2D eigenvalue weighted by molar-refractivity contribution is -0.126. The zero-order valence-electron chi connectivity index (χ0n) is 23.5. The first kappa shape index (κ1) is 28.6. The number of anilines is 2. The number of morpholine rings is 1. The maximum atomic E-state index is 15.1. The number of nitrogens with zero attached hydrogens (tertiary/aromatic N) is 6. The highest BCUT2D eigenvalue weighted by Crippen LogP contribution is 2.39. The van der Waals surface area contributed by atoms with Crippen molar-refractivity contribution in [3.8, 4) is 22.7 Å². The number of para-hydroxylation sites is 2. The van der Waals surface area contributed by atoms with Crippen LogP contribution in [0.4, 0.5) is 15.9 Å². The molecule has 1 atom stereocenters. The predicted octanol–water partition coefficient (Wildman–Crippen LogP) is 4.01. The number of amides is 1. The number of halogens is 2. The molecule has 4 heterocycles. The summed E-state index contributed by atoms with van der Waals surface area (Å²) in [5, 5.41) is 11.1. The third kappa shape index (κ3) is 5.19. The Balaban J connectivity index is 1.60. The first-order valence-corrected chi connectivity index (χ1v) is 14.4. The molecule has 1 amide bonds. The highest BCUT2D eigenvalue weighted by Gasteiger charge is 2.30. The van der Waals surface area contributed by atoms with Crippen LogP contribution in [0.15, 0.2) is 66.0 Å². The molecule has 0 spiro atoms. The number of carbonyl (C=O) groups is 1. The number of hydrogen-bond acceptors (Lipinski definition) is 8. The third-order valence-electron chi connectivity index (χ3n) is 7.89. The number of rotatable bonds is 5. The molecule has 0 saturated carbocycles. The Morgan fingerprint density at radius 3 is 2.53 bits per heavy atom. The van der Waals surface area contributed by atoms with Gasteiger partial charge in [-0.1, -0.05) is 36.4 Å². The van der Waals surface area contributed by atoms with Gasteiger partial charge in [-0.2, -0.15) is 4.98 Å². The largest absolute Gasteiger partial charge is 0.507 e. The standard InChI is InChI=1S/C31H30ClFN6O4/c1-3-26(41)37-11-12-38(19(2)18-37)29-20-17-21(32)28(27-22(33)7-6-10-25(27)40)34-30(20)39(31(42)35-29)24-9-5-4-8-23(24)36-13-15-43-16-14-36/h3-10,17,19,40H,1,11-16,18H2,2H3/t19-/m0/s1. The van der Waals surface area contributed by atoms with E-state index in [1.165, 1.54) is 28.8 Å². The second-order valence-electron chi connectivity index (χ2n) is 10.5. The van der Waals surface area contributed by atoms with Crippen LogP contribution in [0.5, 0.6) is 5.75 Å². The van der Waals surface area contributed by atoms with Gasteiger partial charge in [0.25, 0.3) is 0 Å². The number of benzene rings is 2. The number of aromatic nitrogens is 3. The predicted molar refractivity (Wildman–Crippen MR) is 164 cm³/mol. The van der Waals surface area contributed by atoms with Crippen LogP contribution in [0.1, 0.15) is 6.92 Å². The van der Waals surface area contributed by atoms with Gasteiger partial charge < -0.3 is 24.5 Å². The first-order chi connectivity index (χ1) is 20.8. The Bertz CT molecular complexity index is 1770. The lowest BCUT2D eigenvalue weighted by atomic mass is 10.1. The minimum absolute atomic E-state index is 0.00614. The average molecular weight is 605 g/mol. The van der Waals surface area contributed by atoms with Crippen LogP contribution in [0.2, 0.25) is 5.02 Å². The maximum absolute atomic E-state index is 15.1. The Labute approximate surface area is 252 Å². The third-order valence-corrected chi connectivity index (χ3v) is 8.18. The van der Waals surface area contributed by atoms with Gasteiger partial charge in [0.05, 0.1) is 46.3 Å². The fourth-order valence-corrected chi connectivity index (χ4v) is 6.04. The van der Waals surface area contributed by atoms with Gasteiger partial charge in [0.2, 0.25) is 5.91 Å². The van der Waals surface area contributed by atoms with Crippen LogP contribution in [0.25, 0.3) is 28.0 Å². The van der Waals surface area contributed by atoms with E-state index >= 15 is 4.39 Å². The smallest absolute Gasteiger partial charge is 0.355 e. The van der Waals surface area contributed by atoms with E-state index in [1.807, 2.05) is 36.1 Å². The molecule has 2 aromatic heterocycles. The van der Waals surface area contributed by atoms with Crippen molar-refractivity contribution >= 4 is 40.0 Å². The number of ether oxygens (including phenoxy) is 1. The molecule has 4 aromatic rings. The molecule has 0 bridgehead atoms. The minimum Gasteiger partial charge on any atom is -0.507 e. The molecule has 10 nitrogen and oxygen atoms in total. The van der Waals surface area contributed by atoms with E-state index < -0.39 is 11.5 Å². The molecule has 6 rings (SSSR count). The van der Waals surface area contributed by atoms with E-state index in [2.05, 4.69) is 16.5 Å². The maximum Gasteiger partial charge on any atom is 0.355 e. The molecule has 0 aliphatic carbocycles. The fourth-order valence-electron chi connectivity index (χ4n) is 5.79. The van der Waals surface area contributed by atoms with Gasteiger partial charge >= 0.3 is 5.69 Å². The lowest BCUT2D eigenvalue weighted by Gasteiger charge is -2.40. The van der Waals surface area contributed by atoms with E-state index in [4.69, 9.17) is 21.3 Å². The number of carbonyl (C=O) groups excluding carboxylic acids is 1. The number of piperazine rings is 1. The monoisotopic (exact) mass is 604 g/mol. The molecule has 12 heteroatoms. The molecule has 2 fully saturated rings. The summed E-state index contributed by atoms with van der Waals surface area (Å²) in [6.07, 6.45) is 1.28. The number of fused-ring (bicyclic) bond motifs is 1. The van der Waals surface area contributed by atoms with E-state index in [0.717, 1.165) is 5.69 Å². The molecule has 2 saturated heterocycles. The van der Waals surface area contributed by atoms with Crippen molar-refractivity contribution < 1.29 is 19.0 Å². The van der Waals surface area contributed by atoms with E-state index in [1.54, 1.807) is 11.0 Å². The van der Waals surface area contributed by atoms with Gasteiger partial charge in [-0.25, -0.2) is 18.7 Å². The minimum atomic E-state index is -0.706. The Hall–Kier alpha value is -4.48. The summed E-state index contributed by atoms with van der Waals surface area (Å²) < 4.78 is 22.0. The number of pyridine rings is 1. The van der Waals surface area contributed by atoms with Gasteiger partial charge in [0.1, 0.15) is 17.4 Å². The zero-order valence-corrected chi connectivity index (χ0v) is 24.3.